The summed E-state index contributed by atoms with van der Waals surface area (Å²) in [5, 5.41) is 0. The zero-order valence-electron chi connectivity index (χ0n) is 12.8. The Hall–Kier alpha value is -1.13. The molecule has 0 bridgehead atoms. The summed E-state index contributed by atoms with van der Waals surface area (Å²) < 4.78 is 5.73. The predicted molar refractivity (Wildman–Crippen MR) is 79.3 cm³/mol. The Bertz CT molecular complexity index is 352. The number of nitrogens with two attached hydrogens (primary N) is 1. The highest BCUT2D eigenvalue weighted by molar-refractivity contribution is 5.21. The molecule has 4 heteroatoms. The summed E-state index contributed by atoms with van der Waals surface area (Å²) in [6, 6.07) is 4.87. The molecular formula is C15H27N3O. The van der Waals surface area contributed by atoms with E-state index in [0.717, 1.165) is 18.0 Å². The molecule has 0 radical (unpaired) electrons. The van der Waals surface area contributed by atoms with Crippen LogP contribution < -0.4 is 10.5 Å². The highest BCUT2D eigenvalue weighted by Gasteiger charge is 2.12. The summed E-state index contributed by atoms with van der Waals surface area (Å²) in [5.74, 6) is 0.803. The lowest BCUT2D eigenvalue weighted by Gasteiger charge is -2.30. The van der Waals surface area contributed by atoms with Crippen LogP contribution >= 0.6 is 0 Å². The Balaban J connectivity index is 2.44. The van der Waals surface area contributed by atoms with Crippen molar-refractivity contribution < 1.29 is 4.74 Å². The van der Waals surface area contributed by atoms with Crippen molar-refractivity contribution in [3.63, 3.8) is 0 Å². The minimum absolute atomic E-state index is 0.0357. The van der Waals surface area contributed by atoms with Crippen LogP contribution in [0.4, 0.5) is 0 Å². The van der Waals surface area contributed by atoms with Crippen LogP contribution in [0.5, 0.6) is 5.75 Å². The molecule has 0 saturated heterocycles. The first-order valence-corrected chi connectivity index (χ1v) is 7.02. The van der Waals surface area contributed by atoms with Crippen LogP contribution in [0.2, 0.25) is 0 Å². The highest BCUT2D eigenvalue weighted by atomic mass is 16.5. The summed E-state index contributed by atoms with van der Waals surface area (Å²) in [4.78, 5) is 6.69. The van der Waals surface area contributed by atoms with Gasteiger partial charge in [0.2, 0.25) is 0 Å². The second kappa shape index (κ2) is 7.46. The molecule has 0 aromatic carbocycles. The van der Waals surface area contributed by atoms with Crippen molar-refractivity contribution in [2.75, 3.05) is 13.2 Å². The van der Waals surface area contributed by atoms with E-state index < -0.39 is 0 Å². The SMILES string of the molecule is CC(C)N(CCOc1ccc([C@H](C)N)nc1)C(C)C. The van der Waals surface area contributed by atoms with Crippen LogP contribution in [0.15, 0.2) is 18.3 Å². The molecule has 108 valence electrons. The molecule has 4 nitrogen and oxygen atoms in total. The van der Waals surface area contributed by atoms with Gasteiger partial charge in [-0.25, -0.2) is 0 Å². The normalized spacial score (nSPS) is 13.3. The first-order valence-electron chi connectivity index (χ1n) is 7.02. The molecule has 1 atom stereocenters. The lowest BCUT2D eigenvalue weighted by Crippen LogP contribution is -2.39. The summed E-state index contributed by atoms with van der Waals surface area (Å²) in [6.45, 7) is 12.3. The molecule has 0 aliphatic heterocycles. The van der Waals surface area contributed by atoms with Gasteiger partial charge in [-0.05, 0) is 46.8 Å². The van der Waals surface area contributed by atoms with E-state index in [9.17, 15) is 0 Å². The van der Waals surface area contributed by atoms with Crippen LogP contribution in [0.1, 0.15) is 46.4 Å². The number of hydrogen-bond acceptors (Lipinski definition) is 4. The minimum Gasteiger partial charge on any atom is -0.491 e. The quantitative estimate of drug-likeness (QED) is 0.823. The molecule has 0 saturated carbocycles. The van der Waals surface area contributed by atoms with Crippen molar-refractivity contribution >= 4 is 0 Å². The Morgan fingerprint density at radius 2 is 1.79 bits per heavy atom. The maximum atomic E-state index is 5.76. The van der Waals surface area contributed by atoms with Gasteiger partial charge in [-0.3, -0.25) is 9.88 Å². The van der Waals surface area contributed by atoms with Gasteiger partial charge in [-0.2, -0.15) is 0 Å². The summed E-state index contributed by atoms with van der Waals surface area (Å²) in [5.41, 5.74) is 6.65. The van der Waals surface area contributed by atoms with Crippen LogP contribution in [0, 0.1) is 0 Å². The van der Waals surface area contributed by atoms with Gasteiger partial charge in [-0.1, -0.05) is 0 Å². The van der Waals surface area contributed by atoms with E-state index in [1.165, 1.54) is 0 Å². The van der Waals surface area contributed by atoms with Crippen molar-refractivity contribution in [3.05, 3.63) is 24.0 Å². The third-order valence-corrected chi connectivity index (χ3v) is 3.17. The first kappa shape index (κ1) is 15.9. The molecule has 0 amide bonds. The fourth-order valence-electron chi connectivity index (χ4n) is 2.13. The number of aromatic nitrogens is 1. The van der Waals surface area contributed by atoms with Gasteiger partial charge in [0.25, 0.3) is 0 Å². The average Bonchev–Trinajstić information content (AvgIpc) is 2.34. The smallest absolute Gasteiger partial charge is 0.137 e. The van der Waals surface area contributed by atoms with E-state index in [2.05, 4.69) is 37.6 Å². The number of nitrogens with zero attached hydrogens (tertiary/aromatic N) is 2. The zero-order valence-corrected chi connectivity index (χ0v) is 12.8. The molecular weight excluding hydrogens is 238 g/mol. The zero-order chi connectivity index (χ0) is 14.4. The molecule has 1 aromatic heterocycles. The van der Waals surface area contributed by atoms with Crippen molar-refractivity contribution in [2.45, 2.75) is 52.7 Å². The van der Waals surface area contributed by atoms with Gasteiger partial charge >= 0.3 is 0 Å². The van der Waals surface area contributed by atoms with Crippen molar-refractivity contribution in [3.8, 4) is 5.75 Å². The maximum absolute atomic E-state index is 5.76. The Morgan fingerprint density at radius 1 is 1.16 bits per heavy atom. The second-order valence-corrected chi connectivity index (χ2v) is 5.48. The van der Waals surface area contributed by atoms with Crippen LogP contribution in [-0.4, -0.2) is 35.1 Å². The Morgan fingerprint density at radius 3 is 2.21 bits per heavy atom. The van der Waals surface area contributed by atoms with E-state index in [0.29, 0.717) is 18.7 Å². The molecule has 1 heterocycles. The second-order valence-electron chi connectivity index (χ2n) is 5.48. The first-order chi connectivity index (χ1) is 8.91. The van der Waals surface area contributed by atoms with Gasteiger partial charge in [0.1, 0.15) is 12.4 Å². The average molecular weight is 265 g/mol. The number of ether oxygens (including phenoxy) is 1. The maximum Gasteiger partial charge on any atom is 0.137 e. The molecule has 0 aliphatic rings. The Kier molecular flexibility index (Phi) is 6.25. The molecule has 0 aliphatic carbocycles. The van der Waals surface area contributed by atoms with Crippen LogP contribution in [0.3, 0.4) is 0 Å². The van der Waals surface area contributed by atoms with Gasteiger partial charge < -0.3 is 10.5 Å². The van der Waals surface area contributed by atoms with E-state index >= 15 is 0 Å². The monoisotopic (exact) mass is 265 g/mol. The van der Waals surface area contributed by atoms with E-state index in [1.54, 1.807) is 6.20 Å². The van der Waals surface area contributed by atoms with Crippen molar-refractivity contribution in [1.82, 2.24) is 9.88 Å². The van der Waals surface area contributed by atoms with Crippen molar-refractivity contribution in [1.29, 1.82) is 0 Å². The van der Waals surface area contributed by atoms with Crippen LogP contribution in [-0.2, 0) is 0 Å². The molecule has 1 rings (SSSR count). The molecule has 1 aromatic rings. The van der Waals surface area contributed by atoms with Gasteiger partial charge in [0.15, 0.2) is 0 Å². The summed E-state index contributed by atoms with van der Waals surface area (Å²) in [6.07, 6.45) is 1.74. The number of rotatable bonds is 7. The van der Waals surface area contributed by atoms with Gasteiger partial charge in [-0.15, -0.1) is 0 Å². The van der Waals surface area contributed by atoms with E-state index in [-0.39, 0.29) is 6.04 Å². The predicted octanol–water partition coefficient (Wildman–Crippen LogP) is 2.60. The van der Waals surface area contributed by atoms with Gasteiger partial charge in [0, 0.05) is 24.7 Å². The lowest BCUT2D eigenvalue weighted by molar-refractivity contribution is 0.142. The molecule has 0 spiro atoms. The fourth-order valence-corrected chi connectivity index (χ4v) is 2.13. The molecule has 0 fully saturated rings. The largest absolute Gasteiger partial charge is 0.491 e. The minimum atomic E-state index is -0.0357. The lowest BCUT2D eigenvalue weighted by atomic mass is 10.2. The summed E-state index contributed by atoms with van der Waals surface area (Å²) in [7, 11) is 0. The topological polar surface area (TPSA) is 51.4 Å². The molecule has 2 N–H and O–H groups in total. The third kappa shape index (κ3) is 5.17. The molecule has 0 unspecified atom stereocenters. The van der Waals surface area contributed by atoms with Gasteiger partial charge in [0.05, 0.1) is 11.9 Å². The van der Waals surface area contributed by atoms with Crippen LogP contribution in [0.25, 0.3) is 0 Å². The number of hydrogen-bond donors (Lipinski definition) is 1. The summed E-state index contributed by atoms with van der Waals surface area (Å²) >= 11 is 0. The Labute approximate surface area is 117 Å². The fraction of sp³-hybridized carbons (Fsp3) is 0.667. The standard InChI is InChI=1S/C15H27N3O/c1-11(2)18(12(3)4)8-9-19-14-6-7-15(13(5)16)17-10-14/h6-7,10-13H,8-9,16H2,1-5H3/t13-/m0/s1. The van der Waals surface area contributed by atoms with E-state index in [1.807, 2.05) is 19.1 Å². The highest BCUT2D eigenvalue weighted by Crippen LogP contribution is 2.13. The third-order valence-electron chi connectivity index (χ3n) is 3.17. The van der Waals surface area contributed by atoms with E-state index in [4.69, 9.17) is 10.5 Å². The van der Waals surface area contributed by atoms with Crippen molar-refractivity contribution in [2.24, 2.45) is 5.73 Å². The number of pyridine rings is 1. The molecule has 19 heavy (non-hydrogen) atoms.